The van der Waals surface area contributed by atoms with Crippen molar-refractivity contribution in [3.05, 3.63) is 46.5 Å². The number of methoxy groups -OCH3 is 1. The predicted molar refractivity (Wildman–Crippen MR) is 70.4 cm³/mol. The Morgan fingerprint density at radius 1 is 1.53 bits per heavy atom. The molecule has 0 bridgehead atoms. The number of rotatable bonds is 6. The van der Waals surface area contributed by atoms with Gasteiger partial charge in [-0.3, -0.25) is 10.1 Å². The zero-order valence-corrected chi connectivity index (χ0v) is 10.4. The molecular weight excluding hydrogens is 248 g/mol. The number of aromatic nitrogens is 2. The van der Waals surface area contributed by atoms with Crippen LogP contribution in [0.25, 0.3) is 0 Å². The van der Waals surface area contributed by atoms with Crippen molar-refractivity contribution in [1.82, 2.24) is 9.97 Å². The van der Waals surface area contributed by atoms with Gasteiger partial charge in [0.1, 0.15) is 11.4 Å². The van der Waals surface area contributed by atoms with Crippen LogP contribution >= 0.6 is 0 Å². The molecule has 0 aliphatic carbocycles. The normalized spacial score (nSPS) is 10.2. The molecule has 0 atom stereocenters. The molecule has 0 spiro atoms. The van der Waals surface area contributed by atoms with E-state index in [0.29, 0.717) is 24.4 Å². The Hall–Kier alpha value is -2.57. The number of nitrogens with one attached hydrogen (secondary N) is 2. The minimum Gasteiger partial charge on any atom is -0.496 e. The van der Waals surface area contributed by atoms with E-state index in [4.69, 9.17) is 4.74 Å². The monoisotopic (exact) mass is 262 g/mol. The van der Waals surface area contributed by atoms with Crippen molar-refractivity contribution in [3.63, 3.8) is 0 Å². The molecule has 1 heterocycles. The maximum Gasteiger partial charge on any atom is 0.296 e. The highest BCUT2D eigenvalue weighted by molar-refractivity contribution is 5.63. The molecule has 19 heavy (non-hydrogen) atoms. The van der Waals surface area contributed by atoms with Crippen LogP contribution < -0.4 is 10.1 Å². The van der Waals surface area contributed by atoms with Gasteiger partial charge in [-0.1, -0.05) is 0 Å². The van der Waals surface area contributed by atoms with Gasteiger partial charge in [0.25, 0.3) is 5.69 Å². The lowest BCUT2D eigenvalue weighted by molar-refractivity contribution is -0.384. The van der Waals surface area contributed by atoms with Gasteiger partial charge in [-0.15, -0.1) is 0 Å². The van der Waals surface area contributed by atoms with Gasteiger partial charge in [0.15, 0.2) is 0 Å². The molecule has 0 fully saturated rings. The van der Waals surface area contributed by atoms with Crippen molar-refractivity contribution in [2.45, 2.75) is 6.42 Å². The topological polar surface area (TPSA) is 93.1 Å². The Morgan fingerprint density at radius 3 is 3.00 bits per heavy atom. The number of anilines is 1. The molecule has 100 valence electrons. The SMILES string of the molecule is COc1ccc(NCCc2cnc[nH]2)c([N+](=O)[O-])c1. The van der Waals surface area contributed by atoms with E-state index in [0.717, 1.165) is 5.69 Å². The summed E-state index contributed by atoms with van der Waals surface area (Å²) in [7, 11) is 1.48. The van der Waals surface area contributed by atoms with Crippen molar-refractivity contribution in [2.75, 3.05) is 19.0 Å². The third-order valence-corrected chi connectivity index (χ3v) is 2.67. The lowest BCUT2D eigenvalue weighted by Gasteiger charge is -2.07. The average Bonchev–Trinajstić information content (AvgIpc) is 2.92. The third-order valence-electron chi connectivity index (χ3n) is 2.67. The maximum atomic E-state index is 11.0. The molecule has 2 rings (SSSR count). The van der Waals surface area contributed by atoms with Crippen molar-refractivity contribution in [3.8, 4) is 5.75 Å². The lowest BCUT2D eigenvalue weighted by Crippen LogP contribution is -2.07. The zero-order valence-electron chi connectivity index (χ0n) is 10.4. The number of nitro benzene ring substituents is 1. The Labute approximate surface area is 109 Å². The van der Waals surface area contributed by atoms with Crippen LogP contribution in [0, 0.1) is 10.1 Å². The van der Waals surface area contributed by atoms with E-state index >= 15 is 0 Å². The number of H-pyrrole nitrogens is 1. The number of nitro groups is 1. The van der Waals surface area contributed by atoms with Crippen molar-refractivity contribution in [1.29, 1.82) is 0 Å². The van der Waals surface area contributed by atoms with Gasteiger partial charge in [-0.2, -0.15) is 0 Å². The second-order valence-electron chi connectivity index (χ2n) is 3.89. The molecule has 2 aromatic rings. The molecule has 2 N–H and O–H groups in total. The summed E-state index contributed by atoms with van der Waals surface area (Å²) in [5.41, 5.74) is 1.46. The number of benzene rings is 1. The fourth-order valence-corrected chi connectivity index (χ4v) is 1.69. The number of hydrogen-bond acceptors (Lipinski definition) is 5. The Balaban J connectivity index is 2.04. The first-order chi connectivity index (χ1) is 9.20. The zero-order chi connectivity index (χ0) is 13.7. The summed E-state index contributed by atoms with van der Waals surface area (Å²) >= 11 is 0. The Morgan fingerprint density at radius 2 is 2.37 bits per heavy atom. The van der Waals surface area contributed by atoms with Gasteiger partial charge in [-0.05, 0) is 12.1 Å². The van der Waals surface area contributed by atoms with Gasteiger partial charge in [0, 0.05) is 24.9 Å². The van der Waals surface area contributed by atoms with Crippen molar-refractivity contribution < 1.29 is 9.66 Å². The molecular formula is C12H14N4O3. The third kappa shape index (κ3) is 3.21. The maximum absolute atomic E-state index is 11.0. The van der Waals surface area contributed by atoms with Crippen molar-refractivity contribution >= 4 is 11.4 Å². The van der Waals surface area contributed by atoms with Gasteiger partial charge < -0.3 is 15.0 Å². The van der Waals surface area contributed by atoms with E-state index < -0.39 is 4.92 Å². The molecule has 7 nitrogen and oxygen atoms in total. The summed E-state index contributed by atoms with van der Waals surface area (Å²) in [5.74, 6) is 0.464. The number of hydrogen-bond donors (Lipinski definition) is 2. The Kier molecular flexibility index (Phi) is 3.97. The van der Waals surface area contributed by atoms with Gasteiger partial charge in [0.05, 0.1) is 24.4 Å². The van der Waals surface area contributed by atoms with E-state index in [2.05, 4.69) is 15.3 Å². The summed E-state index contributed by atoms with van der Waals surface area (Å²) < 4.78 is 4.98. The van der Waals surface area contributed by atoms with Crippen LogP contribution in [0.1, 0.15) is 5.69 Å². The van der Waals surface area contributed by atoms with Crippen LogP contribution in [0.3, 0.4) is 0 Å². The van der Waals surface area contributed by atoms with Crippen LogP contribution in [-0.4, -0.2) is 28.5 Å². The van der Waals surface area contributed by atoms with E-state index in [1.165, 1.54) is 13.2 Å². The standard InChI is InChI=1S/C12H14N4O3/c1-19-10-2-3-11(12(6-10)16(17)18)14-5-4-9-7-13-8-15-9/h2-3,6-8,14H,4-5H2,1H3,(H,13,15). The lowest BCUT2D eigenvalue weighted by atomic mass is 10.2. The second kappa shape index (κ2) is 5.85. The first-order valence-electron chi connectivity index (χ1n) is 5.74. The number of aromatic amines is 1. The molecule has 0 saturated carbocycles. The molecule has 1 aromatic carbocycles. The van der Waals surface area contributed by atoms with E-state index in [1.807, 2.05) is 0 Å². The highest BCUT2D eigenvalue weighted by Crippen LogP contribution is 2.28. The summed E-state index contributed by atoms with van der Waals surface area (Å²) in [6, 6.07) is 4.73. The second-order valence-corrected chi connectivity index (χ2v) is 3.89. The largest absolute Gasteiger partial charge is 0.496 e. The fraction of sp³-hybridized carbons (Fsp3) is 0.250. The van der Waals surface area contributed by atoms with E-state index in [9.17, 15) is 10.1 Å². The smallest absolute Gasteiger partial charge is 0.296 e. The van der Waals surface area contributed by atoms with Gasteiger partial charge in [0.2, 0.25) is 0 Å². The summed E-state index contributed by atoms with van der Waals surface area (Å²) in [4.78, 5) is 17.4. The van der Waals surface area contributed by atoms with Crippen LogP contribution in [0.5, 0.6) is 5.75 Å². The quantitative estimate of drug-likeness (QED) is 0.613. The van der Waals surface area contributed by atoms with Gasteiger partial charge in [-0.25, -0.2) is 4.98 Å². The fourth-order valence-electron chi connectivity index (χ4n) is 1.69. The summed E-state index contributed by atoms with van der Waals surface area (Å²) in [6.45, 7) is 0.579. The van der Waals surface area contributed by atoms with Crippen molar-refractivity contribution in [2.24, 2.45) is 0 Å². The molecule has 1 aromatic heterocycles. The number of ether oxygens (including phenoxy) is 1. The molecule has 0 unspecified atom stereocenters. The number of imidazole rings is 1. The summed E-state index contributed by atoms with van der Waals surface area (Å²) in [6.07, 6.45) is 4.04. The van der Waals surface area contributed by atoms with E-state index in [-0.39, 0.29) is 5.69 Å². The predicted octanol–water partition coefficient (Wildman–Crippen LogP) is 1.98. The van der Waals surface area contributed by atoms with Gasteiger partial charge >= 0.3 is 0 Å². The van der Waals surface area contributed by atoms with Crippen LogP contribution in [0.4, 0.5) is 11.4 Å². The summed E-state index contributed by atoms with van der Waals surface area (Å²) in [5, 5.41) is 14.0. The molecule has 0 radical (unpaired) electrons. The minimum absolute atomic E-state index is 0.00367. The Bertz CT molecular complexity index is 554. The van der Waals surface area contributed by atoms with Crippen LogP contribution in [0.15, 0.2) is 30.7 Å². The first kappa shape index (κ1) is 12.9. The average molecular weight is 262 g/mol. The molecule has 0 aliphatic heterocycles. The molecule has 7 heteroatoms. The molecule has 0 saturated heterocycles. The highest BCUT2D eigenvalue weighted by atomic mass is 16.6. The molecule has 0 amide bonds. The minimum atomic E-state index is -0.430. The first-order valence-corrected chi connectivity index (χ1v) is 5.74. The molecule has 0 aliphatic rings. The van der Waals surface area contributed by atoms with Crippen LogP contribution in [0.2, 0.25) is 0 Å². The highest BCUT2D eigenvalue weighted by Gasteiger charge is 2.14. The number of nitrogens with zero attached hydrogens (tertiary/aromatic N) is 2. The van der Waals surface area contributed by atoms with Crippen LogP contribution in [-0.2, 0) is 6.42 Å². The van der Waals surface area contributed by atoms with E-state index in [1.54, 1.807) is 24.7 Å².